The number of likely N-dealkylation sites (tertiary alicyclic amines) is 1. The number of nitrogens with zero attached hydrogens (tertiary/aromatic N) is 2. The van der Waals surface area contributed by atoms with E-state index < -0.39 is 0 Å². The lowest BCUT2D eigenvalue weighted by molar-refractivity contribution is 0.338. The van der Waals surface area contributed by atoms with Gasteiger partial charge in [0.2, 0.25) is 0 Å². The number of hydrogen-bond acceptors (Lipinski definition) is 4. The van der Waals surface area contributed by atoms with Crippen molar-refractivity contribution in [2.75, 3.05) is 33.3 Å². The second-order valence-corrected chi connectivity index (χ2v) is 5.32. The lowest BCUT2D eigenvalue weighted by Crippen LogP contribution is -2.26. The van der Waals surface area contributed by atoms with Crippen molar-refractivity contribution < 1.29 is 4.74 Å². The van der Waals surface area contributed by atoms with Gasteiger partial charge in [-0.15, -0.1) is 0 Å². The van der Waals surface area contributed by atoms with Gasteiger partial charge >= 0.3 is 0 Å². The Balaban J connectivity index is 1.78. The van der Waals surface area contributed by atoms with Gasteiger partial charge in [0.15, 0.2) is 0 Å². The highest BCUT2D eigenvalue weighted by Crippen LogP contribution is 2.16. The molecule has 1 atom stereocenters. The van der Waals surface area contributed by atoms with Crippen LogP contribution in [0.1, 0.15) is 24.7 Å². The van der Waals surface area contributed by atoms with Crippen LogP contribution in [0.15, 0.2) is 12.1 Å². The lowest BCUT2D eigenvalue weighted by atomic mass is 10.1. The lowest BCUT2D eigenvalue weighted by Gasteiger charge is -2.14. The van der Waals surface area contributed by atoms with Crippen molar-refractivity contribution >= 4 is 0 Å². The van der Waals surface area contributed by atoms with Crippen LogP contribution in [-0.4, -0.2) is 43.2 Å². The van der Waals surface area contributed by atoms with Crippen LogP contribution in [-0.2, 0) is 6.54 Å². The Morgan fingerprint density at radius 1 is 1.47 bits per heavy atom. The number of rotatable bonds is 6. The summed E-state index contributed by atoms with van der Waals surface area (Å²) in [4.78, 5) is 7.04. The largest absolute Gasteiger partial charge is 0.497 e. The topological polar surface area (TPSA) is 37.4 Å². The number of nitrogens with one attached hydrogen (secondary N) is 1. The number of aromatic nitrogens is 1. The van der Waals surface area contributed by atoms with Crippen molar-refractivity contribution in [2.45, 2.75) is 26.8 Å². The maximum atomic E-state index is 5.27. The van der Waals surface area contributed by atoms with Crippen LogP contribution in [0.25, 0.3) is 0 Å². The zero-order valence-corrected chi connectivity index (χ0v) is 12.3. The van der Waals surface area contributed by atoms with E-state index in [-0.39, 0.29) is 0 Å². The average Bonchev–Trinajstić information content (AvgIpc) is 2.86. The van der Waals surface area contributed by atoms with E-state index in [9.17, 15) is 0 Å². The summed E-state index contributed by atoms with van der Waals surface area (Å²) < 4.78 is 5.27. The van der Waals surface area contributed by atoms with Gasteiger partial charge in [-0.05, 0) is 38.9 Å². The summed E-state index contributed by atoms with van der Waals surface area (Å²) in [6.45, 7) is 9.79. The fourth-order valence-corrected chi connectivity index (χ4v) is 2.68. The molecule has 106 valence electrons. The van der Waals surface area contributed by atoms with E-state index in [4.69, 9.17) is 4.74 Å². The van der Waals surface area contributed by atoms with E-state index in [1.54, 1.807) is 7.11 Å². The molecule has 1 N–H and O–H groups in total. The first-order valence-corrected chi connectivity index (χ1v) is 7.16. The molecule has 1 fully saturated rings. The van der Waals surface area contributed by atoms with Crippen LogP contribution in [0.2, 0.25) is 0 Å². The van der Waals surface area contributed by atoms with Crippen molar-refractivity contribution in [2.24, 2.45) is 5.92 Å². The van der Waals surface area contributed by atoms with Gasteiger partial charge in [-0.3, -0.25) is 4.98 Å². The SMILES string of the molecule is CCN1CCC(CNCc2cc(OC)cc(C)n2)C1. The van der Waals surface area contributed by atoms with Crippen molar-refractivity contribution in [3.63, 3.8) is 0 Å². The molecule has 0 amide bonds. The fourth-order valence-electron chi connectivity index (χ4n) is 2.68. The van der Waals surface area contributed by atoms with Crippen molar-refractivity contribution in [1.82, 2.24) is 15.2 Å². The molecule has 19 heavy (non-hydrogen) atoms. The third-order valence-corrected chi connectivity index (χ3v) is 3.77. The van der Waals surface area contributed by atoms with Crippen molar-refractivity contribution in [3.05, 3.63) is 23.5 Å². The van der Waals surface area contributed by atoms with Gasteiger partial charge in [0, 0.05) is 30.9 Å². The Kier molecular flexibility index (Phi) is 5.16. The van der Waals surface area contributed by atoms with E-state index in [0.717, 1.165) is 36.1 Å². The Labute approximate surface area is 116 Å². The first kappa shape index (κ1) is 14.3. The standard InChI is InChI=1S/C15H25N3O/c1-4-18-6-5-13(11-18)9-16-10-14-8-15(19-3)7-12(2)17-14/h7-8,13,16H,4-6,9-11H2,1-3H3. The smallest absolute Gasteiger partial charge is 0.122 e. The molecule has 1 aliphatic rings. The van der Waals surface area contributed by atoms with Crippen LogP contribution in [0.4, 0.5) is 0 Å². The average molecular weight is 263 g/mol. The van der Waals surface area contributed by atoms with Gasteiger partial charge in [0.1, 0.15) is 5.75 Å². The summed E-state index contributed by atoms with van der Waals surface area (Å²) in [5.74, 6) is 1.67. The minimum atomic E-state index is 0.784. The van der Waals surface area contributed by atoms with Gasteiger partial charge in [-0.2, -0.15) is 0 Å². The van der Waals surface area contributed by atoms with E-state index in [0.29, 0.717) is 0 Å². The third-order valence-electron chi connectivity index (χ3n) is 3.77. The molecule has 2 rings (SSSR count). The van der Waals surface area contributed by atoms with E-state index in [1.807, 2.05) is 19.1 Å². The molecule has 0 saturated carbocycles. The summed E-state index contributed by atoms with van der Waals surface area (Å²) in [6, 6.07) is 3.96. The Hall–Kier alpha value is -1.13. The van der Waals surface area contributed by atoms with Crippen LogP contribution in [0, 0.1) is 12.8 Å². The monoisotopic (exact) mass is 263 g/mol. The molecule has 1 aromatic heterocycles. The highest BCUT2D eigenvalue weighted by atomic mass is 16.5. The first-order valence-electron chi connectivity index (χ1n) is 7.16. The Morgan fingerprint density at radius 2 is 2.32 bits per heavy atom. The Morgan fingerprint density at radius 3 is 3.00 bits per heavy atom. The highest BCUT2D eigenvalue weighted by molar-refractivity contribution is 5.26. The molecule has 4 nitrogen and oxygen atoms in total. The number of pyridine rings is 1. The maximum Gasteiger partial charge on any atom is 0.122 e. The molecule has 1 aliphatic heterocycles. The van der Waals surface area contributed by atoms with E-state index >= 15 is 0 Å². The number of methoxy groups -OCH3 is 1. The zero-order valence-electron chi connectivity index (χ0n) is 12.3. The fraction of sp³-hybridized carbons (Fsp3) is 0.667. The number of ether oxygens (including phenoxy) is 1. The second kappa shape index (κ2) is 6.87. The van der Waals surface area contributed by atoms with Crippen LogP contribution < -0.4 is 10.1 Å². The van der Waals surface area contributed by atoms with Gasteiger partial charge in [-0.25, -0.2) is 0 Å². The summed E-state index contributed by atoms with van der Waals surface area (Å²) in [5.41, 5.74) is 2.07. The molecule has 1 saturated heterocycles. The van der Waals surface area contributed by atoms with Crippen LogP contribution in [0.5, 0.6) is 5.75 Å². The van der Waals surface area contributed by atoms with Gasteiger partial charge in [-0.1, -0.05) is 6.92 Å². The molecule has 0 aromatic carbocycles. The van der Waals surface area contributed by atoms with Crippen molar-refractivity contribution in [1.29, 1.82) is 0 Å². The summed E-state index contributed by atoms with van der Waals surface area (Å²) in [6.07, 6.45) is 1.31. The number of hydrogen-bond donors (Lipinski definition) is 1. The van der Waals surface area contributed by atoms with Gasteiger partial charge in [0.05, 0.1) is 12.8 Å². The minimum absolute atomic E-state index is 0.784. The Bertz CT molecular complexity index is 408. The molecular formula is C15H25N3O. The summed E-state index contributed by atoms with van der Waals surface area (Å²) in [5, 5.41) is 3.52. The molecule has 0 spiro atoms. The van der Waals surface area contributed by atoms with Crippen LogP contribution >= 0.6 is 0 Å². The minimum Gasteiger partial charge on any atom is -0.497 e. The molecule has 1 aromatic rings. The quantitative estimate of drug-likeness (QED) is 0.849. The summed E-state index contributed by atoms with van der Waals surface area (Å²) >= 11 is 0. The number of aryl methyl sites for hydroxylation is 1. The molecule has 0 radical (unpaired) electrons. The molecule has 0 bridgehead atoms. The van der Waals surface area contributed by atoms with Crippen molar-refractivity contribution in [3.8, 4) is 5.75 Å². The first-order chi connectivity index (χ1) is 9.21. The van der Waals surface area contributed by atoms with E-state index in [1.165, 1.54) is 26.1 Å². The maximum absolute atomic E-state index is 5.27. The third kappa shape index (κ3) is 4.18. The highest BCUT2D eigenvalue weighted by Gasteiger charge is 2.20. The predicted molar refractivity (Wildman–Crippen MR) is 77.5 cm³/mol. The molecule has 2 heterocycles. The molecule has 4 heteroatoms. The second-order valence-electron chi connectivity index (χ2n) is 5.32. The molecular weight excluding hydrogens is 238 g/mol. The predicted octanol–water partition coefficient (Wildman–Crippen LogP) is 1.83. The van der Waals surface area contributed by atoms with Gasteiger partial charge in [0.25, 0.3) is 0 Å². The molecule has 1 unspecified atom stereocenters. The van der Waals surface area contributed by atoms with E-state index in [2.05, 4.69) is 22.1 Å². The summed E-state index contributed by atoms with van der Waals surface area (Å²) in [7, 11) is 1.70. The van der Waals surface area contributed by atoms with Gasteiger partial charge < -0.3 is 15.0 Å². The zero-order chi connectivity index (χ0) is 13.7. The van der Waals surface area contributed by atoms with Crippen LogP contribution in [0.3, 0.4) is 0 Å². The molecule has 0 aliphatic carbocycles. The normalized spacial score (nSPS) is 19.8.